The third kappa shape index (κ3) is 5.80. The highest BCUT2D eigenvalue weighted by atomic mass is 16.5. The average Bonchev–Trinajstić information content (AvgIpc) is 2.74. The second-order valence-corrected chi connectivity index (χ2v) is 5.66. The number of carbonyl (C=O) groups excluding carboxylic acids is 2. The number of rotatable bonds is 9. The second kappa shape index (κ2) is 10.7. The van der Waals surface area contributed by atoms with Crippen molar-refractivity contribution in [2.24, 2.45) is 0 Å². The Morgan fingerprint density at radius 2 is 1.46 bits per heavy atom. The van der Waals surface area contributed by atoms with Gasteiger partial charge in [-0.3, -0.25) is 4.79 Å². The van der Waals surface area contributed by atoms with Crippen molar-refractivity contribution >= 4 is 12.0 Å². The number of amides is 2. The van der Waals surface area contributed by atoms with E-state index in [4.69, 9.17) is 18.9 Å². The zero-order chi connectivity index (χ0) is 20.4. The molecular formula is C20H24N2O6. The van der Waals surface area contributed by atoms with E-state index >= 15 is 0 Å². The van der Waals surface area contributed by atoms with Crippen LogP contribution in [0.25, 0.3) is 0 Å². The summed E-state index contributed by atoms with van der Waals surface area (Å²) < 4.78 is 20.8. The Labute approximate surface area is 163 Å². The molecule has 28 heavy (non-hydrogen) atoms. The predicted octanol–water partition coefficient (Wildman–Crippen LogP) is 2.37. The van der Waals surface area contributed by atoms with Gasteiger partial charge in [-0.25, -0.2) is 4.79 Å². The lowest BCUT2D eigenvalue weighted by molar-refractivity contribution is 0.0951. The summed E-state index contributed by atoms with van der Waals surface area (Å²) in [6, 6.07) is 12.5. The van der Waals surface area contributed by atoms with Crippen molar-refractivity contribution in [1.29, 1.82) is 0 Å². The quantitative estimate of drug-likeness (QED) is 0.641. The van der Waals surface area contributed by atoms with Crippen molar-refractivity contribution in [1.82, 2.24) is 10.6 Å². The Hall–Kier alpha value is -3.42. The number of benzene rings is 2. The highest BCUT2D eigenvalue weighted by Gasteiger charge is 2.16. The number of ether oxygens (including phenoxy) is 4. The SMILES string of the molecule is COc1cc(C(=O)NCCNC(=O)OCc2ccccc2)cc(OC)c1OC. The van der Waals surface area contributed by atoms with Gasteiger partial charge in [0, 0.05) is 18.7 Å². The molecule has 2 amide bonds. The van der Waals surface area contributed by atoms with E-state index in [0.29, 0.717) is 22.8 Å². The van der Waals surface area contributed by atoms with Crippen LogP contribution in [-0.4, -0.2) is 46.4 Å². The molecule has 0 aliphatic heterocycles. The molecule has 0 radical (unpaired) electrons. The molecule has 0 fully saturated rings. The number of carbonyl (C=O) groups is 2. The van der Waals surface area contributed by atoms with Crippen LogP contribution in [0.4, 0.5) is 4.79 Å². The van der Waals surface area contributed by atoms with Crippen LogP contribution in [0.3, 0.4) is 0 Å². The Morgan fingerprint density at radius 1 is 0.857 bits per heavy atom. The number of hydrogen-bond acceptors (Lipinski definition) is 6. The van der Waals surface area contributed by atoms with E-state index in [1.165, 1.54) is 21.3 Å². The molecule has 8 heteroatoms. The van der Waals surface area contributed by atoms with Crippen LogP contribution in [0.15, 0.2) is 42.5 Å². The highest BCUT2D eigenvalue weighted by Crippen LogP contribution is 2.38. The molecule has 2 N–H and O–H groups in total. The second-order valence-electron chi connectivity index (χ2n) is 5.66. The largest absolute Gasteiger partial charge is 0.493 e. The maximum atomic E-state index is 12.3. The lowest BCUT2D eigenvalue weighted by atomic mass is 10.1. The molecule has 0 heterocycles. The molecule has 0 saturated carbocycles. The van der Waals surface area contributed by atoms with Gasteiger partial charge in [0.15, 0.2) is 11.5 Å². The lowest BCUT2D eigenvalue weighted by Gasteiger charge is -2.14. The third-order valence-corrected chi connectivity index (χ3v) is 3.82. The summed E-state index contributed by atoms with van der Waals surface area (Å²) in [5.74, 6) is 0.840. The van der Waals surface area contributed by atoms with Gasteiger partial charge in [0.2, 0.25) is 5.75 Å². The van der Waals surface area contributed by atoms with Crippen LogP contribution < -0.4 is 24.8 Å². The van der Waals surface area contributed by atoms with E-state index in [-0.39, 0.29) is 25.6 Å². The van der Waals surface area contributed by atoms with Gasteiger partial charge in [-0.15, -0.1) is 0 Å². The summed E-state index contributed by atoms with van der Waals surface area (Å²) in [6.45, 7) is 0.643. The van der Waals surface area contributed by atoms with Gasteiger partial charge in [0.25, 0.3) is 5.91 Å². The lowest BCUT2D eigenvalue weighted by Crippen LogP contribution is -2.35. The van der Waals surface area contributed by atoms with E-state index in [1.54, 1.807) is 12.1 Å². The molecule has 0 atom stereocenters. The van der Waals surface area contributed by atoms with Crippen molar-refractivity contribution in [3.8, 4) is 17.2 Å². The average molecular weight is 388 g/mol. The first kappa shape index (κ1) is 20.9. The van der Waals surface area contributed by atoms with Gasteiger partial charge >= 0.3 is 6.09 Å². The van der Waals surface area contributed by atoms with Gasteiger partial charge in [-0.1, -0.05) is 30.3 Å². The van der Waals surface area contributed by atoms with Crippen LogP contribution >= 0.6 is 0 Å². The fourth-order valence-corrected chi connectivity index (χ4v) is 2.43. The first-order valence-corrected chi connectivity index (χ1v) is 8.61. The zero-order valence-corrected chi connectivity index (χ0v) is 16.1. The van der Waals surface area contributed by atoms with Gasteiger partial charge in [-0.05, 0) is 17.7 Å². The minimum atomic E-state index is -0.550. The van der Waals surface area contributed by atoms with Crippen LogP contribution in [0.5, 0.6) is 17.2 Å². The van der Waals surface area contributed by atoms with E-state index in [9.17, 15) is 9.59 Å². The molecule has 0 spiro atoms. The number of methoxy groups -OCH3 is 3. The monoisotopic (exact) mass is 388 g/mol. The molecule has 2 rings (SSSR count). The number of nitrogens with one attached hydrogen (secondary N) is 2. The Bertz CT molecular complexity index is 770. The van der Waals surface area contributed by atoms with Crippen molar-refractivity contribution in [2.45, 2.75) is 6.61 Å². The number of alkyl carbamates (subject to hydrolysis) is 1. The molecule has 0 aliphatic rings. The van der Waals surface area contributed by atoms with Crippen LogP contribution in [0, 0.1) is 0 Å². The highest BCUT2D eigenvalue weighted by molar-refractivity contribution is 5.95. The summed E-state index contributed by atoms with van der Waals surface area (Å²) in [4.78, 5) is 24.0. The van der Waals surface area contributed by atoms with Gasteiger partial charge < -0.3 is 29.6 Å². The first-order valence-electron chi connectivity index (χ1n) is 8.61. The molecule has 2 aromatic rings. The Kier molecular flexibility index (Phi) is 7.95. The molecule has 150 valence electrons. The van der Waals surface area contributed by atoms with Gasteiger partial charge in [0.1, 0.15) is 6.61 Å². The molecule has 0 bridgehead atoms. The minimum Gasteiger partial charge on any atom is -0.493 e. The van der Waals surface area contributed by atoms with E-state index < -0.39 is 6.09 Å². The summed E-state index contributed by atoms with van der Waals surface area (Å²) in [5.41, 5.74) is 1.24. The first-order chi connectivity index (χ1) is 13.6. The normalized spacial score (nSPS) is 9.96. The fraction of sp³-hybridized carbons (Fsp3) is 0.300. The molecule has 0 saturated heterocycles. The summed E-state index contributed by atoms with van der Waals surface area (Å²) in [6.07, 6.45) is -0.550. The molecule has 2 aromatic carbocycles. The minimum absolute atomic E-state index is 0.185. The molecule has 0 unspecified atom stereocenters. The summed E-state index contributed by atoms with van der Waals surface area (Å²) in [7, 11) is 4.44. The maximum Gasteiger partial charge on any atom is 0.407 e. The molecular weight excluding hydrogens is 364 g/mol. The Morgan fingerprint density at radius 3 is 2.04 bits per heavy atom. The molecule has 0 aromatic heterocycles. The zero-order valence-electron chi connectivity index (χ0n) is 16.1. The van der Waals surface area contributed by atoms with E-state index in [0.717, 1.165) is 5.56 Å². The van der Waals surface area contributed by atoms with E-state index in [1.807, 2.05) is 30.3 Å². The van der Waals surface area contributed by atoms with Crippen LogP contribution in [0.1, 0.15) is 15.9 Å². The van der Waals surface area contributed by atoms with Crippen molar-refractivity contribution < 1.29 is 28.5 Å². The summed E-state index contributed by atoms with van der Waals surface area (Å²) >= 11 is 0. The van der Waals surface area contributed by atoms with Crippen molar-refractivity contribution in [3.05, 3.63) is 53.6 Å². The fourth-order valence-electron chi connectivity index (χ4n) is 2.43. The predicted molar refractivity (Wildman–Crippen MR) is 103 cm³/mol. The smallest absolute Gasteiger partial charge is 0.407 e. The van der Waals surface area contributed by atoms with Crippen molar-refractivity contribution in [2.75, 3.05) is 34.4 Å². The van der Waals surface area contributed by atoms with Crippen LogP contribution in [-0.2, 0) is 11.3 Å². The Balaban J connectivity index is 1.80. The van der Waals surface area contributed by atoms with Crippen molar-refractivity contribution in [3.63, 3.8) is 0 Å². The summed E-state index contributed by atoms with van der Waals surface area (Å²) in [5, 5.41) is 5.28. The van der Waals surface area contributed by atoms with E-state index in [2.05, 4.69) is 10.6 Å². The van der Waals surface area contributed by atoms with Gasteiger partial charge in [0.05, 0.1) is 21.3 Å². The standard InChI is InChI=1S/C20H24N2O6/c1-25-16-11-15(12-17(26-2)18(16)27-3)19(23)21-9-10-22-20(24)28-13-14-7-5-4-6-8-14/h4-8,11-12H,9-10,13H2,1-3H3,(H,21,23)(H,22,24). The van der Waals surface area contributed by atoms with Crippen LogP contribution in [0.2, 0.25) is 0 Å². The molecule has 0 aliphatic carbocycles. The third-order valence-electron chi connectivity index (χ3n) is 3.82. The maximum absolute atomic E-state index is 12.3. The molecule has 8 nitrogen and oxygen atoms in total. The topological polar surface area (TPSA) is 95.1 Å². The number of hydrogen-bond donors (Lipinski definition) is 2. The van der Waals surface area contributed by atoms with Gasteiger partial charge in [-0.2, -0.15) is 0 Å².